The van der Waals surface area contributed by atoms with Crippen LogP contribution in [0, 0.1) is 17.7 Å². The summed E-state index contributed by atoms with van der Waals surface area (Å²) in [6.07, 6.45) is -19.2. The summed E-state index contributed by atoms with van der Waals surface area (Å²) in [6.45, 7) is 0. The summed E-state index contributed by atoms with van der Waals surface area (Å²) >= 11 is 2.21. The molecule has 1 N–H and O–H groups in total. The van der Waals surface area contributed by atoms with E-state index in [9.17, 15) is 67.1 Å². The minimum Gasteiger partial charge on any atom is -0.332 e. The van der Waals surface area contributed by atoms with Crippen LogP contribution in [0.15, 0.2) is 53.1 Å². The third-order valence-electron chi connectivity index (χ3n) is 6.90. The van der Waals surface area contributed by atoms with Crippen molar-refractivity contribution in [1.29, 1.82) is 0 Å². The number of halogens is 15. The number of carbonyl (C=O) groups is 3. The molecule has 1 aliphatic carbocycles. The van der Waals surface area contributed by atoms with E-state index >= 15 is 8.78 Å². The summed E-state index contributed by atoms with van der Waals surface area (Å²) < 4.78 is 192. The van der Waals surface area contributed by atoms with Crippen molar-refractivity contribution >= 4 is 45.1 Å². The van der Waals surface area contributed by atoms with Gasteiger partial charge in [-0.3, -0.25) is 9.59 Å². The number of hydrogen-bond donors (Lipinski definition) is 1. The van der Waals surface area contributed by atoms with Gasteiger partial charge in [0.2, 0.25) is 5.95 Å². The molecule has 0 aliphatic heterocycles. The lowest BCUT2D eigenvalue weighted by molar-refractivity contribution is -0.389. The highest BCUT2D eigenvalue weighted by Crippen LogP contribution is 2.59. The third-order valence-corrected chi connectivity index (χ3v) is 7.53. The van der Waals surface area contributed by atoms with E-state index in [1.807, 2.05) is 0 Å². The van der Waals surface area contributed by atoms with Gasteiger partial charge in [-0.05, 0) is 65.2 Å². The number of pyridine rings is 1. The van der Waals surface area contributed by atoms with E-state index in [2.05, 4.69) is 20.9 Å². The Bertz CT molecular complexity index is 1830. The highest BCUT2D eigenvalue weighted by atomic mass is 79.9. The standard InChI is InChI=1S/C28H14BrF14N3O4/c29-16-9-13(24(32,27(38,39)40)26(36,37)28(41,42)43)8-15(25(33,34)35)20(16)45-21(47)14-2-1-3-17(19(14)31)46(50-23(49)11-4-5-11)22(48)12-6-7-18(30)44-10-12/h1-3,6-11H,4-5H2,(H,45,47). The Morgan fingerprint density at radius 1 is 0.860 bits per heavy atom. The SMILES string of the molecule is O=C(Nc1c(Br)cc(C(F)(C(F)(F)F)C(F)(F)C(F)(F)F)cc1C(F)(F)F)c1cccc(N(OC(=O)C2CC2)C(=O)c2ccc(F)nc2)c1F. The van der Waals surface area contributed by atoms with Gasteiger partial charge in [0.1, 0.15) is 5.69 Å². The minimum absolute atomic E-state index is 0.0202. The number of nitrogens with zero attached hydrogens (tertiary/aromatic N) is 2. The van der Waals surface area contributed by atoms with Gasteiger partial charge in [0, 0.05) is 16.2 Å². The molecule has 0 bridgehead atoms. The van der Waals surface area contributed by atoms with E-state index in [1.165, 1.54) is 5.32 Å². The summed E-state index contributed by atoms with van der Waals surface area (Å²) in [4.78, 5) is 46.8. The number of anilines is 2. The van der Waals surface area contributed by atoms with Crippen molar-refractivity contribution in [2.24, 2.45) is 5.92 Å². The molecule has 0 radical (unpaired) electrons. The zero-order valence-electron chi connectivity index (χ0n) is 23.8. The quantitative estimate of drug-likeness (QED) is 0.147. The largest absolute Gasteiger partial charge is 0.457 e. The van der Waals surface area contributed by atoms with E-state index < -0.39 is 116 Å². The summed E-state index contributed by atoms with van der Waals surface area (Å²) in [5, 5.41) is 1.43. The van der Waals surface area contributed by atoms with Crippen molar-refractivity contribution in [3.05, 3.63) is 87.2 Å². The molecular formula is C28H14BrF14N3O4. The summed E-state index contributed by atoms with van der Waals surface area (Å²) in [5.41, 5.74) is -16.7. The first-order chi connectivity index (χ1) is 22.8. The van der Waals surface area contributed by atoms with Crippen LogP contribution >= 0.6 is 15.9 Å². The maximum atomic E-state index is 15.8. The van der Waals surface area contributed by atoms with Crippen LogP contribution in [-0.2, 0) is 21.5 Å². The number of hydroxylamine groups is 1. The molecule has 1 aliphatic rings. The van der Waals surface area contributed by atoms with Crippen LogP contribution < -0.4 is 10.4 Å². The molecule has 50 heavy (non-hydrogen) atoms. The van der Waals surface area contributed by atoms with E-state index in [0.717, 1.165) is 18.2 Å². The van der Waals surface area contributed by atoms with Gasteiger partial charge in [-0.15, -0.1) is 5.06 Å². The van der Waals surface area contributed by atoms with Gasteiger partial charge in [-0.1, -0.05) is 6.07 Å². The lowest BCUT2D eigenvalue weighted by atomic mass is 9.86. The lowest BCUT2D eigenvalue weighted by Crippen LogP contribution is -2.59. The van der Waals surface area contributed by atoms with Gasteiger partial charge in [0.25, 0.3) is 11.8 Å². The fourth-order valence-corrected chi connectivity index (χ4v) is 4.77. The Morgan fingerprint density at radius 3 is 1.98 bits per heavy atom. The van der Waals surface area contributed by atoms with Crippen molar-refractivity contribution in [3.63, 3.8) is 0 Å². The van der Waals surface area contributed by atoms with Gasteiger partial charge in [0.05, 0.1) is 28.3 Å². The monoisotopic (exact) mass is 801 g/mol. The molecule has 22 heteroatoms. The second-order valence-electron chi connectivity index (χ2n) is 10.4. The van der Waals surface area contributed by atoms with Crippen molar-refractivity contribution in [2.75, 3.05) is 10.4 Å². The fourth-order valence-electron chi connectivity index (χ4n) is 4.21. The normalized spacial score (nSPS) is 15.3. The maximum Gasteiger partial charge on any atom is 0.457 e. The maximum absolute atomic E-state index is 15.8. The van der Waals surface area contributed by atoms with Crippen molar-refractivity contribution < 1.29 is 80.7 Å². The summed E-state index contributed by atoms with van der Waals surface area (Å²) in [5.74, 6) is -15.3. The fraction of sp³-hybridized carbons (Fsp3) is 0.286. The molecule has 4 rings (SSSR count). The third kappa shape index (κ3) is 7.06. The van der Waals surface area contributed by atoms with Gasteiger partial charge in [0.15, 0.2) is 5.82 Å². The van der Waals surface area contributed by atoms with Crippen molar-refractivity contribution in [3.8, 4) is 0 Å². The molecule has 2 aromatic carbocycles. The van der Waals surface area contributed by atoms with E-state index in [1.54, 1.807) is 0 Å². The predicted octanol–water partition coefficient (Wildman–Crippen LogP) is 8.83. The predicted molar refractivity (Wildman–Crippen MR) is 143 cm³/mol. The van der Waals surface area contributed by atoms with Crippen LogP contribution in [0.4, 0.5) is 72.8 Å². The zero-order chi connectivity index (χ0) is 37.8. The molecule has 7 nitrogen and oxygen atoms in total. The number of nitrogens with one attached hydrogen (secondary N) is 1. The first kappa shape index (κ1) is 38.3. The first-order valence-electron chi connectivity index (χ1n) is 13.2. The van der Waals surface area contributed by atoms with E-state index in [4.69, 9.17) is 4.84 Å². The molecule has 0 saturated heterocycles. The zero-order valence-corrected chi connectivity index (χ0v) is 25.4. The van der Waals surface area contributed by atoms with Crippen molar-refractivity contribution in [2.45, 2.75) is 43.0 Å². The Balaban J connectivity index is 1.81. The summed E-state index contributed by atoms with van der Waals surface area (Å²) in [6, 6.07) is 2.09. The topological polar surface area (TPSA) is 88.6 Å². The van der Waals surface area contributed by atoms with Crippen LogP contribution in [-0.4, -0.2) is 41.0 Å². The molecular weight excluding hydrogens is 788 g/mol. The Morgan fingerprint density at radius 2 is 1.48 bits per heavy atom. The van der Waals surface area contributed by atoms with Crippen LogP contribution in [0.2, 0.25) is 0 Å². The average molecular weight is 802 g/mol. The molecule has 270 valence electrons. The highest BCUT2D eigenvalue weighted by Gasteiger charge is 2.82. The smallest absolute Gasteiger partial charge is 0.332 e. The molecule has 0 spiro atoms. The second kappa shape index (κ2) is 13.0. The molecule has 2 amide bonds. The minimum atomic E-state index is -7.34. The van der Waals surface area contributed by atoms with Crippen LogP contribution in [0.1, 0.15) is 44.7 Å². The van der Waals surface area contributed by atoms with Gasteiger partial charge < -0.3 is 10.2 Å². The Labute approximate surface area is 277 Å². The average Bonchev–Trinajstić information content (AvgIpc) is 3.85. The number of carbonyl (C=O) groups excluding carboxylic acids is 3. The van der Waals surface area contributed by atoms with E-state index in [0.29, 0.717) is 31.2 Å². The van der Waals surface area contributed by atoms with Crippen LogP contribution in [0.5, 0.6) is 0 Å². The Hall–Kier alpha value is -4.50. The number of hydrogen-bond acceptors (Lipinski definition) is 5. The molecule has 1 heterocycles. The number of rotatable bonds is 7. The molecule has 1 unspecified atom stereocenters. The van der Waals surface area contributed by atoms with Crippen molar-refractivity contribution in [1.82, 2.24) is 4.98 Å². The van der Waals surface area contributed by atoms with E-state index in [-0.39, 0.29) is 5.06 Å². The highest BCUT2D eigenvalue weighted by molar-refractivity contribution is 9.10. The molecule has 1 aromatic heterocycles. The Kier molecular flexibility index (Phi) is 9.95. The molecule has 1 fully saturated rings. The van der Waals surface area contributed by atoms with Crippen LogP contribution in [0.3, 0.4) is 0 Å². The number of amides is 2. The lowest BCUT2D eigenvalue weighted by Gasteiger charge is -2.36. The molecule has 3 aromatic rings. The van der Waals surface area contributed by atoms with Gasteiger partial charge >= 0.3 is 36.1 Å². The summed E-state index contributed by atoms with van der Waals surface area (Å²) in [7, 11) is 0. The second-order valence-corrected chi connectivity index (χ2v) is 11.2. The van der Waals surface area contributed by atoms with Gasteiger partial charge in [-0.2, -0.15) is 52.7 Å². The van der Waals surface area contributed by atoms with Crippen LogP contribution in [0.25, 0.3) is 0 Å². The number of aromatic nitrogens is 1. The number of alkyl halides is 12. The molecule has 1 atom stereocenters. The number of benzene rings is 2. The van der Waals surface area contributed by atoms with Gasteiger partial charge in [-0.25, -0.2) is 18.6 Å². The first-order valence-corrected chi connectivity index (χ1v) is 14.0. The molecule has 1 saturated carbocycles.